The van der Waals surface area contributed by atoms with Gasteiger partial charge in [0, 0.05) is 19.4 Å². The number of benzene rings is 2. The Morgan fingerprint density at radius 1 is 0.591 bits per heavy atom. The van der Waals surface area contributed by atoms with Crippen molar-refractivity contribution in [2.45, 2.75) is 115 Å². The number of phenols is 1. The Balaban J connectivity index is 2.49. The molecule has 0 saturated carbocycles. The number of hydrogen-bond donors (Lipinski definition) is 13. The first-order valence-corrected chi connectivity index (χ1v) is 21.6. The maximum atomic E-state index is 14.4. The second-order valence-electron chi connectivity index (χ2n) is 16.7. The van der Waals surface area contributed by atoms with Crippen molar-refractivity contribution in [1.29, 1.82) is 0 Å². The fourth-order valence-corrected chi connectivity index (χ4v) is 6.46. The van der Waals surface area contributed by atoms with Crippen molar-refractivity contribution in [1.82, 2.24) is 37.2 Å². The molecule has 22 nitrogen and oxygen atoms in total. The van der Waals surface area contributed by atoms with Crippen LogP contribution in [0.25, 0.3) is 0 Å². The number of nitrogens with zero attached hydrogens (tertiary/aromatic N) is 1. The minimum Gasteiger partial charge on any atom is -0.508 e. The van der Waals surface area contributed by atoms with Gasteiger partial charge in [0.25, 0.3) is 0 Å². The highest BCUT2D eigenvalue weighted by Crippen LogP contribution is 2.14. The molecule has 16 N–H and O–H groups in total. The van der Waals surface area contributed by atoms with Crippen molar-refractivity contribution in [3.63, 3.8) is 0 Å². The summed E-state index contributed by atoms with van der Waals surface area (Å²) in [5, 5.41) is 46.2. The lowest BCUT2D eigenvalue weighted by atomic mass is 9.99. The Morgan fingerprint density at radius 3 is 1.52 bits per heavy atom. The predicted molar refractivity (Wildman–Crippen MR) is 244 cm³/mol. The molecule has 2 aromatic rings. The lowest BCUT2D eigenvalue weighted by Gasteiger charge is -2.28. The van der Waals surface area contributed by atoms with Gasteiger partial charge in [-0.1, -0.05) is 70.2 Å². The number of hydrogen-bond acceptors (Lipinski definition) is 12. The van der Waals surface area contributed by atoms with Gasteiger partial charge >= 0.3 is 5.97 Å². The third kappa shape index (κ3) is 20.8. The van der Waals surface area contributed by atoms with Crippen LogP contribution in [0.5, 0.6) is 5.75 Å². The van der Waals surface area contributed by atoms with Gasteiger partial charge in [-0.3, -0.25) is 43.3 Å². The molecule has 7 amide bonds. The first-order chi connectivity index (χ1) is 31.1. The molecule has 0 aromatic heterocycles. The molecular weight excluding hydrogens is 859 g/mol. The Bertz CT molecular complexity index is 1960. The number of aliphatic hydroxyl groups is 1. The van der Waals surface area contributed by atoms with E-state index < -0.39 is 103 Å². The molecule has 2 aromatic carbocycles. The van der Waals surface area contributed by atoms with Crippen molar-refractivity contribution >= 4 is 53.3 Å². The van der Waals surface area contributed by atoms with Crippen molar-refractivity contribution < 1.29 is 53.7 Å². The summed E-state index contributed by atoms with van der Waals surface area (Å²) < 4.78 is 0. The van der Waals surface area contributed by atoms with Crippen molar-refractivity contribution in [2.24, 2.45) is 34.0 Å². The molecule has 364 valence electrons. The summed E-state index contributed by atoms with van der Waals surface area (Å²) in [4.78, 5) is 110. The topological polar surface area (TPSA) is 372 Å². The summed E-state index contributed by atoms with van der Waals surface area (Å²) in [6, 6.07) is 5.58. The van der Waals surface area contributed by atoms with Crippen molar-refractivity contribution in [3.8, 4) is 5.75 Å². The van der Waals surface area contributed by atoms with Gasteiger partial charge in [0.05, 0.1) is 6.61 Å². The van der Waals surface area contributed by atoms with E-state index in [0.717, 1.165) is 0 Å². The summed E-state index contributed by atoms with van der Waals surface area (Å²) in [5.41, 5.74) is 17.8. The quantitative estimate of drug-likeness (QED) is 0.0244. The molecule has 66 heavy (non-hydrogen) atoms. The van der Waals surface area contributed by atoms with Crippen LogP contribution in [-0.4, -0.2) is 131 Å². The SMILES string of the molecule is CC(C)C[C@H](NC(=O)[C@H](Cc1ccccc1)NC(=O)[C@H](CCCN=C(N)N)NC(=O)[C@H](CC(C)C)NC(=O)[C@@H](N)CO)C(=O)N[C@@H](Cc1ccc(O)cc1)C(=O)N[C@@H](C)C(=O)NCC(=O)O. The Labute approximate surface area is 384 Å². The van der Waals surface area contributed by atoms with E-state index in [1.54, 1.807) is 44.2 Å². The Morgan fingerprint density at radius 2 is 1.03 bits per heavy atom. The van der Waals surface area contributed by atoms with Crippen LogP contribution in [0.15, 0.2) is 59.6 Å². The second-order valence-corrected chi connectivity index (χ2v) is 16.7. The zero-order valence-corrected chi connectivity index (χ0v) is 38.0. The van der Waals surface area contributed by atoms with Crippen LogP contribution in [0, 0.1) is 11.8 Å². The first-order valence-electron chi connectivity index (χ1n) is 21.6. The van der Waals surface area contributed by atoms with Crippen LogP contribution in [0.1, 0.15) is 71.4 Å². The molecule has 22 heteroatoms. The molecule has 0 aliphatic carbocycles. The molecule has 7 atom stereocenters. The summed E-state index contributed by atoms with van der Waals surface area (Å²) in [6.07, 6.45) is 0.204. The summed E-state index contributed by atoms with van der Waals surface area (Å²) >= 11 is 0. The number of aliphatic hydroxyl groups excluding tert-OH is 1. The lowest BCUT2D eigenvalue weighted by Crippen LogP contribution is -2.60. The van der Waals surface area contributed by atoms with Crippen LogP contribution < -0.4 is 54.4 Å². The van der Waals surface area contributed by atoms with Crippen LogP contribution in [0.2, 0.25) is 0 Å². The largest absolute Gasteiger partial charge is 0.508 e. The molecule has 0 fully saturated rings. The second kappa shape index (κ2) is 28.2. The highest BCUT2D eigenvalue weighted by molar-refractivity contribution is 5.97. The zero-order chi connectivity index (χ0) is 49.5. The van der Waals surface area contributed by atoms with E-state index in [2.05, 4.69) is 42.2 Å². The van der Waals surface area contributed by atoms with Gasteiger partial charge < -0.3 is 69.7 Å². The molecule has 0 aliphatic heterocycles. The summed E-state index contributed by atoms with van der Waals surface area (Å²) in [5.74, 6) is -7.32. The highest BCUT2D eigenvalue weighted by Gasteiger charge is 2.34. The normalized spacial score (nSPS) is 14.2. The Hall–Kier alpha value is -6.81. The number of aliphatic imine (C=N–C) groups is 1. The molecule has 0 heterocycles. The van der Waals surface area contributed by atoms with Crippen molar-refractivity contribution in [3.05, 3.63) is 65.7 Å². The van der Waals surface area contributed by atoms with Crippen LogP contribution >= 0.6 is 0 Å². The maximum Gasteiger partial charge on any atom is 0.322 e. The van der Waals surface area contributed by atoms with E-state index in [4.69, 9.17) is 22.3 Å². The summed E-state index contributed by atoms with van der Waals surface area (Å²) in [6.45, 7) is 7.28. The monoisotopic (exact) mass is 926 g/mol. The zero-order valence-electron chi connectivity index (χ0n) is 38.0. The molecule has 0 radical (unpaired) electrons. The van der Waals surface area contributed by atoms with E-state index in [-0.39, 0.29) is 68.6 Å². The first kappa shape index (κ1) is 55.3. The molecule has 0 unspecified atom stereocenters. The van der Waals surface area contributed by atoms with Gasteiger partial charge in [0.2, 0.25) is 41.4 Å². The van der Waals surface area contributed by atoms with Gasteiger partial charge in [-0.25, -0.2) is 0 Å². The Kier molecular flexibility index (Phi) is 23.6. The van der Waals surface area contributed by atoms with Gasteiger partial charge in [-0.2, -0.15) is 0 Å². The number of amides is 7. The average Bonchev–Trinajstić information content (AvgIpc) is 3.25. The van der Waals surface area contributed by atoms with E-state index in [1.807, 2.05) is 13.8 Å². The predicted octanol–water partition coefficient (Wildman–Crippen LogP) is -2.23. The number of carbonyl (C=O) groups excluding carboxylic acids is 7. The number of aliphatic carboxylic acids is 1. The van der Waals surface area contributed by atoms with E-state index in [1.165, 1.54) is 31.2 Å². The molecule has 0 spiro atoms. The number of aromatic hydroxyl groups is 1. The number of phenolic OH excluding ortho intramolecular Hbond substituents is 1. The maximum absolute atomic E-state index is 14.4. The molecule has 0 saturated heterocycles. The van der Waals surface area contributed by atoms with E-state index in [0.29, 0.717) is 11.1 Å². The molecule has 0 bridgehead atoms. The molecule has 0 aliphatic rings. The number of nitrogens with one attached hydrogen (secondary N) is 7. The minimum absolute atomic E-state index is 0.0186. The average molecular weight is 926 g/mol. The number of carbonyl (C=O) groups is 8. The number of carboxylic acid groups (broad SMARTS) is 1. The van der Waals surface area contributed by atoms with E-state index >= 15 is 0 Å². The number of carboxylic acids is 1. The van der Waals surface area contributed by atoms with Gasteiger partial charge in [-0.05, 0) is 67.7 Å². The third-order valence-corrected chi connectivity index (χ3v) is 9.88. The standard InChI is InChI=1S/C44H67N11O11/c1-24(2)18-32(52-38(61)30(45)23-56)41(64)51-31(12-9-17-48-44(46)47)39(62)54-35(20-27-10-7-6-8-11-27)43(66)53-33(19-25(3)4)42(65)55-34(21-28-13-15-29(57)16-14-28)40(63)50-26(5)37(60)49-22-36(58)59/h6-8,10-11,13-16,24-26,30-35,56-57H,9,12,17-23,45H2,1-5H3,(H,49,60)(H,50,63)(H,51,64)(H,52,61)(H,53,66)(H,54,62)(H,55,65)(H,58,59)(H4,46,47,48)/t26-,30-,31-,32-,33-,34-,35-/m0/s1. The number of rotatable bonds is 28. The van der Waals surface area contributed by atoms with Gasteiger partial charge in [0.1, 0.15) is 54.6 Å². The number of nitrogens with two attached hydrogens (primary N) is 3. The lowest BCUT2D eigenvalue weighted by molar-refractivity contribution is -0.138. The van der Waals surface area contributed by atoms with Gasteiger partial charge in [0.15, 0.2) is 5.96 Å². The van der Waals surface area contributed by atoms with Crippen LogP contribution in [0.4, 0.5) is 0 Å². The molecular formula is C44H67N11O11. The van der Waals surface area contributed by atoms with Gasteiger partial charge in [-0.15, -0.1) is 0 Å². The third-order valence-electron chi connectivity index (χ3n) is 9.88. The van der Waals surface area contributed by atoms with Crippen LogP contribution in [-0.2, 0) is 51.2 Å². The molecule has 2 rings (SSSR count). The van der Waals surface area contributed by atoms with Crippen LogP contribution in [0.3, 0.4) is 0 Å². The fraction of sp³-hybridized carbons (Fsp3) is 0.523. The summed E-state index contributed by atoms with van der Waals surface area (Å²) in [7, 11) is 0. The number of guanidine groups is 1. The van der Waals surface area contributed by atoms with Crippen molar-refractivity contribution in [2.75, 3.05) is 19.7 Å². The smallest absolute Gasteiger partial charge is 0.322 e. The van der Waals surface area contributed by atoms with E-state index in [9.17, 15) is 48.6 Å². The highest BCUT2D eigenvalue weighted by atomic mass is 16.4. The minimum atomic E-state index is -1.34. The fourth-order valence-electron chi connectivity index (χ4n) is 6.46.